The van der Waals surface area contributed by atoms with Gasteiger partial charge in [-0.1, -0.05) is 17.7 Å². The van der Waals surface area contributed by atoms with E-state index in [-0.39, 0.29) is 5.91 Å². The molecule has 1 heterocycles. The molecule has 0 bridgehead atoms. The molecule has 0 aliphatic heterocycles. The van der Waals surface area contributed by atoms with Crippen LogP contribution in [0.3, 0.4) is 0 Å². The molecule has 0 fully saturated rings. The second-order valence-corrected chi connectivity index (χ2v) is 4.11. The molecule has 88 valence electrons. The van der Waals surface area contributed by atoms with E-state index < -0.39 is 0 Å². The van der Waals surface area contributed by atoms with Crippen LogP contribution >= 0.6 is 11.6 Å². The van der Waals surface area contributed by atoms with Crippen molar-refractivity contribution >= 4 is 17.5 Å². The Bertz CT molecular complexity index is 523. The Labute approximate surface area is 104 Å². The Morgan fingerprint density at radius 1 is 1.53 bits per heavy atom. The number of nitrogens with zero attached hydrogens (tertiary/aromatic N) is 1. The third-order valence-corrected chi connectivity index (χ3v) is 2.65. The summed E-state index contributed by atoms with van der Waals surface area (Å²) in [5.74, 6) is 0.507. The molecule has 0 radical (unpaired) electrons. The second kappa shape index (κ2) is 5.01. The minimum atomic E-state index is -0.202. The molecular formula is C12H12ClN3O. The zero-order valence-corrected chi connectivity index (χ0v) is 10.1. The van der Waals surface area contributed by atoms with Crippen molar-refractivity contribution in [2.24, 2.45) is 0 Å². The second-order valence-electron chi connectivity index (χ2n) is 3.70. The normalized spacial score (nSPS) is 10.2. The molecule has 0 spiro atoms. The lowest BCUT2D eigenvalue weighted by Crippen LogP contribution is -2.23. The smallest absolute Gasteiger partial charge is 0.253 e. The number of aromatic amines is 1. The molecule has 0 atom stereocenters. The molecule has 2 rings (SSSR count). The van der Waals surface area contributed by atoms with E-state index in [1.807, 2.05) is 13.0 Å². The standard InChI is InChI=1S/C12H12ClN3O/c1-8-2-3-9(10(13)6-8)12(17)16-7-11-14-4-5-15-11/h2-6H,7H2,1H3,(H,14,15)(H,16,17). The number of aromatic nitrogens is 2. The van der Waals surface area contributed by atoms with Gasteiger partial charge in [-0.2, -0.15) is 0 Å². The van der Waals surface area contributed by atoms with E-state index in [0.717, 1.165) is 5.56 Å². The summed E-state index contributed by atoms with van der Waals surface area (Å²) in [7, 11) is 0. The molecule has 17 heavy (non-hydrogen) atoms. The predicted molar refractivity (Wildman–Crippen MR) is 65.9 cm³/mol. The fourth-order valence-corrected chi connectivity index (χ4v) is 1.78. The number of hydrogen-bond donors (Lipinski definition) is 2. The van der Waals surface area contributed by atoms with Crippen LogP contribution in [0.25, 0.3) is 0 Å². The summed E-state index contributed by atoms with van der Waals surface area (Å²) >= 11 is 6.00. The molecule has 0 aliphatic rings. The summed E-state index contributed by atoms with van der Waals surface area (Å²) in [6, 6.07) is 5.34. The van der Waals surface area contributed by atoms with Crippen molar-refractivity contribution in [3.63, 3.8) is 0 Å². The quantitative estimate of drug-likeness (QED) is 0.877. The zero-order valence-electron chi connectivity index (χ0n) is 9.33. The van der Waals surface area contributed by atoms with Crippen LogP contribution in [-0.4, -0.2) is 15.9 Å². The van der Waals surface area contributed by atoms with Gasteiger partial charge in [0.1, 0.15) is 5.82 Å². The van der Waals surface area contributed by atoms with Crippen LogP contribution in [0.15, 0.2) is 30.6 Å². The Hall–Kier alpha value is -1.81. The molecule has 1 aromatic carbocycles. The minimum absolute atomic E-state index is 0.202. The van der Waals surface area contributed by atoms with Gasteiger partial charge in [-0.25, -0.2) is 4.98 Å². The van der Waals surface area contributed by atoms with Crippen LogP contribution in [0, 0.1) is 6.92 Å². The van der Waals surface area contributed by atoms with Crippen molar-refractivity contribution in [2.45, 2.75) is 13.5 Å². The van der Waals surface area contributed by atoms with Crippen LogP contribution in [0.5, 0.6) is 0 Å². The van der Waals surface area contributed by atoms with E-state index in [1.165, 1.54) is 0 Å². The maximum absolute atomic E-state index is 11.8. The first kappa shape index (κ1) is 11.7. The van der Waals surface area contributed by atoms with Crippen LogP contribution in [0.4, 0.5) is 0 Å². The van der Waals surface area contributed by atoms with Crippen molar-refractivity contribution in [1.29, 1.82) is 0 Å². The van der Waals surface area contributed by atoms with Crippen LogP contribution in [0.1, 0.15) is 21.7 Å². The number of benzene rings is 1. The number of imidazole rings is 1. The molecule has 0 unspecified atom stereocenters. The van der Waals surface area contributed by atoms with Crippen LogP contribution in [-0.2, 0) is 6.54 Å². The zero-order chi connectivity index (χ0) is 12.3. The highest BCUT2D eigenvalue weighted by atomic mass is 35.5. The summed E-state index contributed by atoms with van der Waals surface area (Å²) in [6.07, 6.45) is 3.35. The van der Waals surface area contributed by atoms with Crippen LogP contribution < -0.4 is 5.32 Å². The van der Waals surface area contributed by atoms with Gasteiger partial charge < -0.3 is 10.3 Å². The van der Waals surface area contributed by atoms with Gasteiger partial charge in [-0.3, -0.25) is 4.79 Å². The van der Waals surface area contributed by atoms with Gasteiger partial charge in [0.05, 0.1) is 17.1 Å². The molecule has 2 N–H and O–H groups in total. The highest BCUT2D eigenvalue weighted by molar-refractivity contribution is 6.33. The molecule has 0 aliphatic carbocycles. The van der Waals surface area contributed by atoms with E-state index in [2.05, 4.69) is 15.3 Å². The van der Waals surface area contributed by atoms with Crippen molar-refractivity contribution in [1.82, 2.24) is 15.3 Å². The third-order valence-electron chi connectivity index (χ3n) is 2.34. The van der Waals surface area contributed by atoms with E-state index in [4.69, 9.17) is 11.6 Å². The largest absolute Gasteiger partial charge is 0.347 e. The van der Waals surface area contributed by atoms with Crippen molar-refractivity contribution in [3.8, 4) is 0 Å². The van der Waals surface area contributed by atoms with E-state index in [1.54, 1.807) is 24.5 Å². The summed E-state index contributed by atoms with van der Waals surface area (Å²) in [5.41, 5.74) is 1.50. The lowest BCUT2D eigenvalue weighted by Gasteiger charge is -2.06. The fraction of sp³-hybridized carbons (Fsp3) is 0.167. The number of H-pyrrole nitrogens is 1. The van der Waals surface area contributed by atoms with Gasteiger partial charge in [0.15, 0.2) is 0 Å². The highest BCUT2D eigenvalue weighted by Crippen LogP contribution is 2.17. The minimum Gasteiger partial charge on any atom is -0.347 e. The Balaban J connectivity index is 2.04. The number of amides is 1. The van der Waals surface area contributed by atoms with Gasteiger partial charge in [0.25, 0.3) is 5.91 Å². The van der Waals surface area contributed by atoms with Gasteiger partial charge in [-0.15, -0.1) is 0 Å². The number of rotatable bonds is 3. The first-order chi connectivity index (χ1) is 8.16. The van der Waals surface area contributed by atoms with E-state index in [0.29, 0.717) is 23.0 Å². The third kappa shape index (κ3) is 2.85. The highest BCUT2D eigenvalue weighted by Gasteiger charge is 2.10. The topological polar surface area (TPSA) is 57.8 Å². The first-order valence-corrected chi connectivity index (χ1v) is 5.57. The van der Waals surface area contributed by atoms with Gasteiger partial charge in [0.2, 0.25) is 0 Å². The summed E-state index contributed by atoms with van der Waals surface area (Å²) in [4.78, 5) is 18.8. The number of nitrogens with one attached hydrogen (secondary N) is 2. The fourth-order valence-electron chi connectivity index (χ4n) is 1.46. The summed E-state index contributed by atoms with van der Waals surface area (Å²) < 4.78 is 0. The van der Waals surface area contributed by atoms with Crippen molar-refractivity contribution < 1.29 is 4.79 Å². The number of halogens is 1. The maximum atomic E-state index is 11.8. The molecule has 0 saturated heterocycles. The summed E-state index contributed by atoms with van der Waals surface area (Å²) in [6.45, 7) is 2.28. The van der Waals surface area contributed by atoms with Gasteiger partial charge in [0, 0.05) is 12.4 Å². The lowest BCUT2D eigenvalue weighted by atomic mass is 10.1. The van der Waals surface area contributed by atoms with E-state index >= 15 is 0 Å². The number of carbonyl (C=O) groups is 1. The average molecular weight is 250 g/mol. The Morgan fingerprint density at radius 3 is 3.00 bits per heavy atom. The van der Waals surface area contributed by atoms with Crippen molar-refractivity contribution in [2.75, 3.05) is 0 Å². The predicted octanol–water partition coefficient (Wildman–Crippen LogP) is 2.30. The average Bonchev–Trinajstić information content (AvgIpc) is 2.78. The maximum Gasteiger partial charge on any atom is 0.253 e. The number of aryl methyl sites for hydroxylation is 1. The van der Waals surface area contributed by atoms with Crippen LogP contribution in [0.2, 0.25) is 5.02 Å². The van der Waals surface area contributed by atoms with E-state index in [9.17, 15) is 4.79 Å². The van der Waals surface area contributed by atoms with Gasteiger partial charge >= 0.3 is 0 Å². The van der Waals surface area contributed by atoms with Crippen molar-refractivity contribution in [3.05, 3.63) is 52.6 Å². The molecule has 2 aromatic rings. The first-order valence-electron chi connectivity index (χ1n) is 5.19. The Morgan fingerprint density at radius 2 is 2.35 bits per heavy atom. The molecular weight excluding hydrogens is 238 g/mol. The SMILES string of the molecule is Cc1ccc(C(=O)NCc2ncc[nH]2)c(Cl)c1. The van der Waals surface area contributed by atoms with Gasteiger partial charge in [-0.05, 0) is 24.6 Å². The monoisotopic (exact) mass is 249 g/mol. The molecule has 5 heteroatoms. The molecule has 4 nitrogen and oxygen atoms in total. The summed E-state index contributed by atoms with van der Waals surface area (Å²) in [5, 5.41) is 3.20. The number of hydrogen-bond acceptors (Lipinski definition) is 2. The lowest BCUT2D eigenvalue weighted by molar-refractivity contribution is 0.0950. The Kier molecular flexibility index (Phi) is 3.44. The molecule has 1 aromatic heterocycles. The number of carbonyl (C=O) groups excluding carboxylic acids is 1. The molecule has 0 saturated carbocycles. The molecule has 1 amide bonds.